The molecule has 1 N–H and O–H groups in total. The Morgan fingerprint density at radius 1 is 1.45 bits per heavy atom. The van der Waals surface area contributed by atoms with Gasteiger partial charge in [0, 0.05) is 11.8 Å². The first-order chi connectivity index (χ1) is 9.72. The van der Waals surface area contributed by atoms with Gasteiger partial charge in [0.25, 0.3) is 0 Å². The van der Waals surface area contributed by atoms with Crippen LogP contribution in [0.15, 0.2) is 28.0 Å². The number of ether oxygens (including phenoxy) is 2. The minimum Gasteiger partial charge on any atom is -0.454 e. The summed E-state index contributed by atoms with van der Waals surface area (Å²) in [6.45, 7) is 2.05. The Balaban J connectivity index is 1.63. The smallest absolute Gasteiger partial charge is 0.237 e. The molecule has 0 radical (unpaired) electrons. The SMILES string of the molecule is C[C@H](Sc1nncs1)C(=O)Nc1ccc2c(c1)OCO2. The molecule has 0 fully saturated rings. The number of nitrogens with one attached hydrogen (secondary N) is 1. The number of benzene rings is 1. The summed E-state index contributed by atoms with van der Waals surface area (Å²) in [5.74, 6) is 1.25. The summed E-state index contributed by atoms with van der Waals surface area (Å²) in [5, 5.41) is 10.2. The molecule has 2 heterocycles. The van der Waals surface area contributed by atoms with Gasteiger partial charge in [-0.15, -0.1) is 10.2 Å². The summed E-state index contributed by atoms with van der Waals surface area (Å²) in [7, 11) is 0. The minimum absolute atomic E-state index is 0.0935. The van der Waals surface area contributed by atoms with Crippen LogP contribution in [0.1, 0.15) is 6.92 Å². The van der Waals surface area contributed by atoms with E-state index in [1.54, 1.807) is 23.7 Å². The van der Waals surface area contributed by atoms with E-state index < -0.39 is 0 Å². The van der Waals surface area contributed by atoms with Gasteiger partial charge in [0.15, 0.2) is 15.8 Å². The van der Waals surface area contributed by atoms with Gasteiger partial charge in [0.2, 0.25) is 12.7 Å². The quantitative estimate of drug-likeness (QED) is 0.874. The van der Waals surface area contributed by atoms with Gasteiger partial charge in [-0.3, -0.25) is 4.79 Å². The molecule has 0 saturated heterocycles. The average molecular weight is 309 g/mol. The van der Waals surface area contributed by atoms with Crippen LogP contribution in [0, 0.1) is 0 Å². The van der Waals surface area contributed by atoms with E-state index in [4.69, 9.17) is 9.47 Å². The van der Waals surface area contributed by atoms with E-state index in [2.05, 4.69) is 15.5 Å². The second kappa shape index (κ2) is 5.68. The van der Waals surface area contributed by atoms with E-state index in [0.717, 1.165) is 4.34 Å². The number of amides is 1. The zero-order valence-electron chi connectivity index (χ0n) is 10.5. The van der Waals surface area contributed by atoms with Crippen molar-refractivity contribution in [2.24, 2.45) is 0 Å². The van der Waals surface area contributed by atoms with Crippen molar-refractivity contribution in [1.29, 1.82) is 0 Å². The van der Waals surface area contributed by atoms with Crippen molar-refractivity contribution < 1.29 is 14.3 Å². The Kier molecular flexibility index (Phi) is 3.75. The van der Waals surface area contributed by atoms with Crippen molar-refractivity contribution in [2.75, 3.05) is 12.1 Å². The summed E-state index contributed by atoms with van der Waals surface area (Å²) in [6.07, 6.45) is 0. The van der Waals surface area contributed by atoms with E-state index in [1.807, 2.05) is 6.92 Å². The number of thioether (sulfide) groups is 1. The molecule has 0 unspecified atom stereocenters. The Labute approximate surface area is 123 Å². The lowest BCUT2D eigenvalue weighted by atomic mass is 10.2. The molecule has 1 amide bonds. The molecule has 1 aliphatic rings. The van der Waals surface area contributed by atoms with Crippen LogP contribution in [-0.4, -0.2) is 28.1 Å². The lowest BCUT2D eigenvalue weighted by Gasteiger charge is -2.10. The average Bonchev–Trinajstić information content (AvgIpc) is 3.08. The molecule has 104 valence electrons. The van der Waals surface area contributed by atoms with Gasteiger partial charge < -0.3 is 14.8 Å². The predicted molar refractivity (Wildman–Crippen MR) is 76.4 cm³/mol. The summed E-state index contributed by atoms with van der Waals surface area (Å²) < 4.78 is 11.3. The first-order valence-corrected chi connectivity index (χ1v) is 7.61. The third kappa shape index (κ3) is 2.86. The molecule has 3 rings (SSSR count). The van der Waals surface area contributed by atoms with E-state index >= 15 is 0 Å². The standard InChI is InChI=1S/C12H11N3O3S2/c1-7(20-12-15-13-5-19-12)11(16)14-8-2-3-9-10(4-8)18-6-17-9/h2-5,7H,6H2,1H3,(H,14,16)/t7-/m0/s1. The molecule has 8 heteroatoms. The highest BCUT2D eigenvalue weighted by Crippen LogP contribution is 2.34. The van der Waals surface area contributed by atoms with Crippen molar-refractivity contribution in [3.8, 4) is 11.5 Å². The first kappa shape index (κ1) is 13.2. The Hall–Kier alpha value is -1.80. The van der Waals surface area contributed by atoms with Crippen LogP contribution in [-0.2, 0) is 4.79 Å². The van der Waals surface area contributed by atoms with Crippen LogP contribution in [0.4, 0.5) is 5.69 Å². The molecule has 1 aliphatic heterocycles. The van der Waals surface area contributed by atoms with E-state index in [1.165, 1.54) is 23.1 Å². The molecule has 0 spiro atoms. The molecule has 20 heavy (non-hydrogen) atoms. The lowest BCUT2D eigenvalue weighted by Crippen LogP contribution is -2.22. The third-order valence-corrected chi connectivity index (χ3v) is 4.54. The number of hydrogen-bond donors (Lipinski definition) is 1. The second-order valence-electron chi connectivity index (χ2n) is 4.02. The maximum Gasteiger partial charge on any atom is 0.237 e. The minimum atomic E-state index is -0.256. The van der Waals surface area contributed by atoms with Crippen LogP contribution in [0.5, 0.6) is 11.5 Å². The van der Waals surface area contributed by atoms with Crippen LogP contribution < -0.4 is 14.8 Å². The van der Waals surface area contributed by atoms with Gasteiger partial charge in [-0.1, -0.05) is 23.1 Å². The molecule has 6 nitrogen and oxygen atoms in total. The molecule has 1 aromatic carbocycles. The third-order valence-electron chi connectivity index (χ3n) is 2.63. The zero-order valence-corrected chi connectivity index (χ0v) is 12.2. The lowest BCUT2D eigenvalue weighted by molar-refractivity contribution is -0.115. The number of carbonyl (C=O) groups is 1. The molecule has 0 bridgehead atoms. The summed E-state index contributed by atoms with van der Waals surface area (Å²) in [5.41, 5.74) is 2.33. The monoisotopic (exact) mass is 309 g/mol. The fourth-order valence-electron chi connectivity index (χ4n) is 1.64. The van der Waals surface area contributed by atoms with Gasteiger partial charge in [0.1, 0.15) is 5.51 Å². The Bertz CT molecular complexity index is 618. The van der Waals surface area contributed by atoms with Crippen LogP contribution >= 0.6 is 23.1 Å². The van der Waals surface area contributed by atoms with E-state index in [-0.39, 0.29) is 18.0 Å². The number of anilines is 1. The maximum absolute atomic E-state index is 12.1. The molecule has 1 atom stereocenters. The predicted octanol–water partition coefficient (Wildman–Crippen LogP) is 2.39. The van der Waals surface area contributed by atoms with Gasteiger partial charge >= 0.3 is 0 Å². The molecule has 1 aromatic heterocycles. The molecular weight excluding hydrogens is 298 g/mol. The van der Waals surface area contributed by atoms with Crippen molar-refractivity contribution >= 4 is 34.7 Å². The summed E-state index contributed by atoms with van der Waals surface area (Å²) >= 11 is 2.80. The number of carbonyl (C=O) groups excluding carboxylic acids is 1. The van der Waals surface area contributed by atoms with Crippen molar-refractivity contribution in [3.63, 3.8) is 0 Å². The fraction of sp³-hybridized carbons (Fsp3) is 0.250. The topological polar surface area (TPSA) is 73.3 Å². The van der Waals surface area contributed by atoms with Crippen molar-refractivity contribution in [3.05, 3.63) is 23.7 Å². The zero-order chi connectivity index (χ0) is 13.9. The van der Waals surface area contributed by atoms with Gasteiger partial charge in [-0.25, -0.2) is 0 Å². The molecular formula is C12H11N3O3S2. The van der Waals surface area contributed by atoms with Crippen molar-refractivity contribution in [1.82, 2.24) is 10.2 Å². The first-order valence-electron chi connectivity index (χ1n) is 5.86. The number of fused-ring (bicyclic) bond motifs is 1. The molecule has 2 aromatic rings. The number of hydrogen-bond acceptors (Lipinski definition) is 7. The Morgan fingerprint density at radius 2 is 2.30 bits per heavy atom. The summed E-state index contributed by atoms with van der Waals surface area (Å²) in [4.78, 5) is 12.1. The number of rotatable bonds is 4. The molecule has 0 saturated carbocycles. The maximum atomic E-state index is 12.1. The number of nitrogens with zero attached hydrogens (tertiary/aromatic N) is 2. The highest BCUT2D eigenvalue weighted by Gasteiger charge is 2.18. The highest BCUT2D eigenvalue weighted by atomic mass is 32.2. The highest BCUT2D eigenvalue weighted by molar-refractivity contribution is 8.02. The van der Waals surface area contributed by atoms with Crippen molar-refractivity contribution in [2.45, 2.75) is 16.5 Å². The Morgan fingerprint density at radius 3 is 3.10 bits per heavy atom. The fourth-order valence-corrected chi connectivity index (χ4v) is 3.26. The van der Waals surface area contributed by atoms with Crippen LogP contribution in [0.3, 0.4) is 0 Å². The largest absolute Gasteiger partial charge is 0.454 e. The number of aromatic nitrogens is 2. The molecule has 0 aliphatic carbocycles. The van der Waals surface area contributed by atoms with Gasteiger partial charge in [0.05, 0.1) is 5.25 Å². The van der Waals surface area contributed by atoms with Crippen LogP contribution in [0.2, 0.25) is 0 Å². The second-order valence-corrected chi connectivity index (χ2v) is 6.44. The van der Waals surface area contributed by atoms with E-state index in [9.17, 15) is 4.79 Å². The van der Waals surface area contributed by atoms with E-state index in [0.29, 0.717) is 17.2 Å². The van der Waals surface area contributed by atoms with Gasteiger partial charge in [-0.05, 0) is 19.1 Å². The van der Waals surface area contributed by atoms with Gasteiger partial charge in [-0.2, -0.15) is 0 Å². The van der Waals surface area contributed by atoms with Crippen LogP contribution in [0.25, 0.3) is 0 Å². The summed E-state index contributed by atoms with van der Waals surface area (Å²) in [6, 6.07) is 5.32. The normalized spacial score (nSPS) is 14.1.